The molecular formula is C22H21N3O4S. The highest BCUT2D eigenvalue weighted by molar-refractivity contribution is 7.14. The molecule has 0 aliphatic carbocycles. The summed E-state index contributed by atoms with van der Waals surface area (Å²) in [5, 5.41) is 7.84. The summed E-state index contributed by atoms with van der Waals surface area (Å²) < 4.78 is 10.5. The molecule has 3 rings (SSSR count). The number of aromatic nitrogens is 1. The molecule has 2 aromatic carbocycles. The van der Waals surface area contributed by atoms with Gasteiger partial charge in [-0.1, -0.05) is 18.2 Å². The van der Waals surface area contributed by atoms with E-state index in [1.54, 1.807) is 44.6 Å². The SMILES string of the molecule is COc1ccc(/C=C/C(=O)Nc2nc(-c3ccc(NC(C)=O)cc3)cs2)cc1OC. The molecule has 154 valence electrons. The number of benzene rings is 2. The molecule has 0 radical (unpaired) electrons. The molecule has 1 aromatic heterocycles. The predicted molar refractivity (Wildman–Crippen MR) is 119 cm³/mol. The molecule has 0 unspecified atom stereocenters. The number of ether oxygens (including phenoxy) is 2. The Hall–Kier alpha value is -3.65. The fraction of sp³-hybridized carbons (Fsp3) is 0.136. The predicted octanol–water partition coefficient (Wildman–Crippen LogP) is 4.44. The molecule has 2 N–H and O–H groups in total. The summed E-state index contributed by atoms with van der Waals surface area (Å²) in [6.07, 6.45) is 3.12. The van der Waals surface area contributed by atoms with Gasteiger partial charge in [0.2, 0.25) is 11.8 Å². The van der Waals surface area contributed by atoms with Crippen LogP contribution in [-0.4, -0.2) is 31.0 Å². The third-order valence-electron chi connectivity index (χ3n) is 4.07. The van der Waals surface area contributed by atoms with Crippen LogP contribution in [0, 0.1) is 0 Å². The normalized spacial score (nSPS) is 10.6. The Morgan fingerprint density at radius 3 is 2.40 bits per heavy atom. The Balaban J connectivity index is 1.63. The lowest BCUT2D eigenvalue weighted by molar-refractivity contribution is -0.114. The fourth-order valence-electron chi connectivity index (χ4n) is 2.67. The number of rotatable bonds is 7. The number of anilines is 2. The third-order valence-corrected chi connectivity index (χ3v) is 4.83. The highest BCUT2D eigenvalue weighted by Gasteiger charge is 2.08. The van der Waals surface area contributed by atoms with Crippen LogP contribution in [-0.2, 0) is 9.59 Å². The number of hydrogen-bond donors (Lipinski definition) is 2. The van der Waals surface area contributed by atoms with Crippen LogP contribution in [0.5, 0.6) is 11.5 Å². The van der Waals surface area contributed by atoms with Crippen LogP contribution >= 0.6 is 11.3 Å². The first kappa shape index (κ1) is 21.1. The highest BCUT2D eigenvalue weighted by Crippen LogP contribution is 2.28. The Labute approximate surface area is 178 Å². The molecule has 7 nitrogen and oxygen atoms in total. The van der Waals surface area contributed by atoms with Crippen molar-refractivity contribution >= 4 is 40.0 Å². The van der Waals surface area contributed by atoms with E-state index < -0.39 is 0 Å². The number of nitrogens with zero attached hydrogens (tertiary/aromatic N) is 1. The number of carbonyl (C=O) groups excluding carboxylic acids is 2. The van der Waals surface area contributed by atoms with E-state index in [1.165, 1.54) is 24.3 Å². The lowest BCUT2D eigenvalue weighted by atomic mass is 10.1. The first-order valence-electron chi connectivity index (χ1n) is 9.03. The van der Waals surface area contributed by atoms with E-state index in [4.69, 9.17) is 9.47 Å². The first-order chi connectivity index (χ1) is 14.5. The quantitative estimate of drug-likeness (QED) is 0.549. The first-order valence-corrected chi connectivity index (χ1v) is 9.91. The van der Waals surface area contributed by atoms with Crippen LogP contribution in [0.3, 0.4) is 0 Å². The van der Waals surface area contributed by atoms with Gasteiger partial charge in [0.15, 0.2) is 16.6 Å². The Bertz CT molecular complexity index is 1070. The molecule has 30 heavy (non-hydrogen) atoms. The van der Waals surface area contributed by atoms with Crippen molar-refractivity contribution < 1.29 is 19.1 Å². The maximum absolute atomic E-state index is 12.2. The van der Waals surface area contributed by atoms with Crippen LogP contribution in [0.1, 0.15) is 12.5 Å². The Morgan fingerprint density at radius 1 is 1.00 bits per heavy atom. The minimum absolute atomic E-state index is 0.123. The lowest BCUT2D eigenvalue weighted by Gasteiger charge is -2.07. The van der Waals surface area contributed by atoms with Gasteiger partial charge in [-0.25, -0.2) is 4.98 Å². The van der Waals surface area contributed by atoms with Gasteiger partial charge in [-0.3, -0.25) is 14.9 Å². The van der Waals surface area contributed by atoms with Crippen molar-refractivity contribution in [2.24, 2.45) is 0 Å². The summed E-state index contributed by atoms with van der Waals surface area (Å²) in [4.78, 5) is 27.8. The summed E-state index contributed by atoms with van der Waals surface area (Å²) >= 11 is 1.34. The molecule has 0 saturated heterocycles. The molecule has 0 aliphatic rings. The number of carbonyl (C=O) groups is 2. The van der Waals surface area contributed by atoms with Crippen LogP contribution in [0.4, 0.5) is 10.8 Å². The standard InChI is InChI=1S/C22H21N3O4S/c1-14(26)23-17-8-6-16(7-9-17)18-13-30-22(24-18)25-21(27)11-5-15-4-10-19(28-2)20(12-15)29-3/h4-13H,1-3H3,(H,23,26)(H,24,25,27)/b11-5+. The van der Waals surface area contributed by atoms with Crippen LogP contribution in [0.2, 0.25) is 0 Å². The summed E-state index contributed by atoms with van der Waals surface area (Å²) in [5.74, 6) is 0.808. The van der Waals surface area contributed by atoms with E-state index in [2.05, 4.69) is 15.6 Å². The molecule has 2 amide bonds. The van der Waals surface area contributed by atoms with Crippen LogP contribution in [0.25, 0.3) is 17.3 Å². The van der Waals surface area contributed by atoms with Gasteiger partial charge in [0, 0.05) is 29.6 Å². The van der Waals surface area contributed by atoms with E-state index in [9.17, 15) is 9.59 Å². The van der Waals surface area contributed by atoms with E-state index in [-0.39, 0.29) is 11.8 Å². The molecular weight excluding hydrogens is 402 g/mol. The molecule has 0 fully saturated rings. The third kappa shape index (κ3) is 5.45. The molecule has 3 aromatic rings. The number of thiazole rings is 1. The van der Waals surface area contributed by atoms with Crippen molar-refractivity contribution in [3.05, 3.63) is 59.5 Å². The molecule has 0 aliphatic heterocycles. The number of hydrogen-bond acceptors (Lipinski definition) is 6. The minimum Gasteiger partial charge on any atom is -0.493 e. The van der Waals surface area contributed by atoms with Gasteiger partial charge in [-0.05, 0) is 35.9 Å². The van der Waals surface area contributed by atoms with Crippen molar-refractivity contribution in [1.29, 1.82) is 0 Å². The zero-order valence-electron chi connectivity index (χ0n) is 16.8. The average Bonchev–Trinajstić information content (AvgIpc) is 3.20. The van der Waals surface area contributed by atoms with Gasteiger partial charge < -0.3 is 14.8 Å². The Morgan fingerprint density at radius 2 is 1.73 bits per heavy atom. The Kier molecular flexibility index (Phi) is 6.82. The summed E-state index contributed by atoms with van der Waals surface area (Å²) in [6.45, 7) is 1.46. The summed E-state index contributed by atoms with van der Waals surface area (Å²) in [5.41, 5.74) is 3.16. The smallest absolute Gasteiger partial charge is 0.250 e. The molecule has 8 heteroatoms. The lowest BCUT2D eigenvalue weighted by Crippen LogP contribution is -2.07. The van der Waals surface area contributed by atoms with Gasteiger partial charge in [0.1, 0.15) is 0 Å². The maximum Gasteiger partial charge on any atom is 0.250 e. The van der Waals surface area contributed by atoms with Crippen molar-refractivity contribution in [2.45, 2.75) is 6.92 Å². The van der Waals surface area contributed by atoms with Gasteiger partial charge in [-0.15, -0.1) is 11.3 Å². The van der Waals surface area contributed by atoms with Crippen molar-refractivity contribution in [2.75, 3.05) is 24.9 Å². The topological polar surface area (TPSA) is 89.5 Å². The van der Waals surface area contributed by atoms with Crippen molar-refractivity contribution in [3.8, 4) is 22.8 Å². The zero-order valence-corrected chi connectivity index (χ0v) is 17.6. The second-order valence-electron chi connectivity index (χ2n) is 6.23. The number of methoxy groups -OCH3 is 2. The van der Waals surface area contributed by atoms with Crippen LogP contribution < -0.4 is 20.1 Å². The fourth-order valence-corrected chi connectivity index (χ4v) is 3.39. The molecule has 0 atom stereocenters. The largest absolute Gasteiger partial charge is 0.493 e. The van der Waals surface area contributed by atoms with Gasteiger partial charge in [0.05, 0.1) is 19.9 Å². The molecule has 0 bridgehead atoms. The second-order valence-corrected chi connectivity index (χ2v) is 7.09. The van der Waals surface area contributed by atoms with Crippen LogP contribution in [0.15, 0.2) is 53.9 Å². The zero-order chi connectivity index (χ0) is 21.5. The van der Waals surface area contributed by atoms with Crippen molar-refractivity contribution in [3.63, 3.8) is 0 Å². The van der Waals surface area contributed by atoms with Gasteiger partial charge in [-0.2, -0.15) is 0 Å². The average molecular weight is 423 g/mol. The van der Waals surface area contributed by atoms with E-state index in [0.29, 0.717) is 16.6 Å². The summed E-state index contributed by atoms with van der Waals surface area (Å²) in [6, 6.07) is 12.7. The molecule has 0 saturated carbocycles. The van der Waals surface area contributed by atoms with E-state index in [0.717, 1.165) is 22.5 Å². The summed E-state index contributed by atoms with van der Waals surface area (Å²) in [7, 11) is 3.13. The van der Waals surface area contributed by atoms with E-state index >= 15 is 0 Å². The number of amides is 2. The minimum atomic E-state index is -0.285. The highest BCUT2D eigenvalue weighted by atomic mass is 32.1. The van der Waals surface area contributed by atoms with Gasteiger partial charge >= 0.3 is 0 Å². The molecule has 0 spiro atoms. The number of nitrogens with one attached hydrogen (secondary N) is 2. The van der Waals surface area contributed by atoms with E-state index in [1.807, 2.05) is 23.6 Å². The monoisotopic (exact) mass is 423 g/mol. The maximum atomic E-state index is 12.2. The van der Waals surface area contributed by atoms with Crippen molar-refractivity contribution in [1.82, 2.24) is 4.98 Å². The molecule has 1 heterocycles. The van der Waals surface area contributed by atoms with Gasteiger partial charge in [0.25, 0.3) is 0 Å². The second kappa shape index (κ2) is 9.71.